The largest absolute Gasteiger partial charge is 0.331 e. The summed E-state index contributed by atoms with van der Waals surface area (Å²) >= 11 is 5.32. The predicted octanol–water partition coefficient (Wildman–Crippen LogP) is 0.576. The summed E-state index contributed by atoms with van der Waals surface area (Å²) in [6.07, 6.45) is 0. The van der Waals surface area contributed by atoms with Crippen LogP contribution >= 0.6 is 24.4 Å². The highest BCUT2D eigenvalue weighted by Crippen LogP contribution is 2.26. The second kappa shape index (κ2) is 2.03. The number of thiol groups is 1. The molecule has 4 heteroatoms. The summed E-state index contributed by atoms with van der Waals surface area (Å²) in [5.74, 6) is -0.102. The minimum Gasteiger partial charge on any atom is -0.331 e. The summed E-state index contributed by atoms with van der Waals surface area (Å²) < 4.78 is -0.0880. The first-order valence-corrected chi connectivity index (χ1v) is 3.44. The van der Waals surface area contributed by atoms with Crippen molar-refractivity contribution in [1.29, 1.82) is 0 Å². The van der Waals surface area contributed by atoms with E-state index < -0.39 is 0 Å². The normalized spacial score (nSPS) is 28.4. The third-order valence-electron chi connectivity index (χ3n) is 0.762. The van der Waals surface area contributed by atoms with Crippen molar-refractivity contribution in [3.8, 4) is 0 Å². The van der Waals surface area contributed by atoms with E-state index in [1.165, 1.54) is 11.8 Å². The first kappa shape index (κ1) is 6.04. The van der Waals surface area contributed by atoms with E-state index in [-0.39, 0.29) is 10.6 Å². The second-order valence-corrected chi connectivity index (χ2v) is 3.43. The van der Waals surface area contributed by atoms with Crippen LogP contribution in [-0.4, -0.2) is 10.6 Å². The number of amides is 1. The number of carbonyl (C=O) groups excluding carboxylic acids is 1. The average molecular weight is 147 g/mol. The molecule has 0 aromatic rings. The first-order chi connectivity index (χ1) is 3.70. The van der Waals surface area contributed by atoms with E-state index in [1.807, 2.05) is 0 Å². The van der Waals surface area contributed by atoms with Crippen LogP contribution in [0.1, 0.15) is 0 Å². The standard InChI is InChI=1S/C4H5NOS2/c1-2-3(6)5-4(7)8-2/h4,7H,1H2,(H,5,6). The molecular formula is C4H5NOS2. The highest BCUT2D eigenvalue weighted by atomic mass is 32.2. The highest BCUT2D eigenvalue weighted by molar-refractivity contribution is 8.14. The molecule has 1 atom stereocenters. The molecule has 1 rings (SSSR count). The van der Waals surface area contributed by atoms with E-state index in [4.69, 9.17) is 0 Å². The quantitative estimate of drug-likeness (QED) is 0.387. The van der Waals surface area contributed by atoms with Crippen LogP contribution in [0.5, 0.6) is 0 Å². The average Bonchev–Trinajstić information content (AvgIpc) is 1.85. The van der Waals surface area contributed by atoms with Crippen molar-refractivity contribution in [3.05, 3.63) is 11.5 Å². The first-order valence-electron chi connectivity index (χ1n) is 2.04. The van der Waals surface area contributed by atoms with Crippen molar-refractivity contribution in [1.82, 2.24) is 5.32 Å². The third-order valence-corrected chi connectivity index (χ3v) is 2.02. The van der Waals surface area contributed by atoms with Gasteiger partial charge in [0.2, 0.25) is 0 Å². The fourth-order valence-electron chi connectivity index (χ4n) is 0.410. The van der Waals surface area contributed by atoms with Crippen molar-refractivity contribution < 1.29 is 4.79 Å². The number of carbonyl (C=O) groups is 1. The summed E-state index contributed by atoms with van der Waals surface area (Å²) in [6.45, 7) is 3.49. The molecule has 44 valence electrons. The topological polar surface area (TPSA) is 29.1 Å². The molecule has 1 heterocycles. The minimum absolute atomic E-state index is 0.0880. The van der Waals surface area contributed by atoms with Crippen LogP contribution in [0.3, 0.4) is 0 Å². The van der Waals surface area contributed by atoms with Crippen molar-refractivity contribution in [2.45, 2.75) is 4.71 Å². The van der Waals surface area contributed by atoms with Gasteiger partial charge in [0.05, 0.1) is 4.91 Å². The summed E-state index contributed by atoms with van der Waals surface area (Å²) in [4.78, 5) is 11.1. The molecule has 1 aliphatic heterocycles. The Balaban J connectivity index is 2.64. The maximum absolute atomic E-state index is 10.5. The number of rotatable bonds is 0. The number of nitrogens with one attached hydrogen (secondary N) is 1. The van der Waals surface area contributed by atoms with E-state index in [1.54, 1.807) is 0 Å². The Morgan fingerprint density at radius 1 is 1.88 bits per heavy atom. The summed E-state index contributed by atoms with van der Waals surface area (Å²) in [7, 11) is 0. The predicted molar refractivity (Wildman–Crippen MR) is 37.6 cm³/mol. The van der Waals surface area contributed by atoms with Gasteiger partial charge in [0.25, 0.3) is 5.91 Å². The molecule has 0 aliphatic carbocycles. The monoisotopic (exact) mass is 147 g/mol. The van der Waals surface area contributed by atoms with Gasteiger partial charge in [0, 0.05) is 0 Å². The molecule has 0 aromatic heterocycles. The lowest BCUT2D eigenvalue weighted by Crippen LogP contribution is -2.19. The van der Waals surface area contributed by atoms with Gasteiger partial charge in [-0.15, -0.1) is 12.6 Å². The molecule has 0 bridgehead atoms. The SMILES string of the molecule is C=C1SC(S)NC1=O. The minimum atomic E-state index is -0.102. The van der Waals surface area contributed by atoms with Gasteiger partial charge in [-0.05, 0) is 0 Å². The summed E-state index contributed by atoms with van der Waals surface area (Å²) in [6, 6.07) is 0. The number of hydrogen-bond acceptors (Lipinski definition) is 3. The summed E-state index contributed by atoms with van der Waals surface area (Å²) in [5, 5.41) is 2.56. The van der Waals surface area contributed by atoms with Crippen LogP contribution < -0.4 is 5.32 Å². The Morgan fingerprint density at radius 2 is 2.50 bits per heavy atom. The third kappa shape index (κ3) is 1.00. The number of hydrogen-bond donors (Lipinski definition) is 2. The number of thioether (sulfide) groups is 1. The Bertz CT molecular complexity index is 129. The van der Waals surface area contributed by atoms with Gasteiger partial charge < -0.3 is 5.32 Å². The van der Waals surface area contributed by atoms with Crippen molar-refractivity contribution in [3.63, 3.8) is 0 Å². The van der Waals surface area contributed by atoms with Gasteiger partial charge in [-0.2, -0.15) is 0 Å². The van der Waals surface area contributed by atoms with Gasteiger partial charge in [0.15, 0.2) is 0 Å². The molecule has 2 nitrogen and oxygen atoms in total. The van der Waals surface area contributed by atoms with Crippen LogP contribution in [0, 0.1) is 0 Å². The zero-order chi connectivity index (χ0) is 6.15. The molecule has 1 unspecified atom stereocenters. The van der Waals surface area contributed by atoms with Crippen molar-refractivity contribution in [2.24, 2.45) is 0 Å². The van der Waals surface area contributed by atoms with Crippen molar-refractivity contribution in [2.75, 3.05) is 0 Å². The lowest BCUT2D eigenvalue weighted by atomic mass is 10.6. The second-order valence-electron chi connectivity index (χ2n) is 1.37. The van der Waals surface area contributed by atoms with Gasteiger partial charge in [-0.3, -0.25) is 4.79 Å². The molecule has 1 saturated heterocycles. The van der Waals surface area contributed by atoms with Gasteiger partial charge in [-0.25, -0.2) is 0 Å². The van der Waals surface area contributed by atoms with Crippen LogP contribution in [-0.2, 0) is 4.79 Å². The molecule has 0 radical (unpaired) electrons. The van der Waals surface area contributed by atoms with Crippen molar-refractivity contribution >= 4 is 30.3 Å². The van der Waals surface area contributed by atoms with E-state index in [0.717, 1.165) is 0 Å². The molecule has 0 spiro atoms. The molecule has 1 amide bonds. The molecule has 1 N–H and O–H groups in total. The molecular weight excluding hydrogens is 142 g/mol. The van der Waals surface area contributed by atoms with Gasteiger partial charge in [0.1, 0.15) is 4.71 Å². The van der Waals surface area contributed by atoms with E-state index in [2.05, 4.69) is 24.5 Å². The molecule has 0 saturated carbocycles. The zero-order valence-electron chi connectivity index (χ0n) is 4.05. The van der Waals surface area contributed by atoms with Crippen LogP contribution in [0.2, 0.25) is 0 Å². The fraction of sp³-hybridized carbons (Fsp3) is 0.250. The van der Waals surface area contributed by atoms with Gasteiger partial charge >= 0.3 is 0 Å². The molecule has 1 aliphatic rings. The lowest BCUT2D eigenvalue weighted by Gasteiger charge is -1.92. The molecule has 1 fully saturated rings. The van der Waals surface area contributed by atoms with E-state index in [9.17, 15) is 4.79 Å². The fourth-order valence-corrected chi connectivity index (χ4v) is 1.51. The van der Waals surface area contributed by atoms with E-state index in [0.29, 0.717) is 4.91 Å². The van der Waals surface area contributed by atoms with Crippen LogP contribution in [0.4, 0.5) is 0 Å². The maximum Gasteiger partial charge on any atom is 0.258 e. The molecule has 0 aromatic carbocycles. The Morgan fingerprint density at radius 3 is 2.62 bits per heavy atom. The Hall–Kier alpha value is -0.0900. The molecule has 8 heavy (non-hydrogen) atoms. The van der Waals surface area contributed by atoms with Gasteiger partial charge in [-0.1, -0.05) is 18.3 Å². The maximum atomic E-state index is 10.5. The van der Waals surface area contributed by atoms with Crippen LogP contribution in [0.25, 0.3) is 0 Å². The smallest absolute Gasteiger partial charge is 0.258 e. The Kier molecular flexibility index (Phi) is 1.53. The Labute approximate surface area is 57.1 Å². The summed E-state index contributed by atoms with van der Waals surface area (Å²) in [5.41, 5.74) is 0. The van der Waals surface area contributed by atoms with Crippen LogP contribution in [0.15, 0.2) is 11.5 Å². The lowest BCUT2D eigenvalue weighted by molar-refractivity contribution is -0.116. The van der Waals surface area contributed by atoms with E-state index >= 15 is 0 Å². The zero-order valence-corrected chi connectivity index (χ0v) is 5.76. The highest BCUT2D eigenvalue weighted by Gasteiger charge is 2.21.